The van der Waals surface area contributed by atoms with Crippen molar-refractivity contribution in [3.8, 4) is 28.1 Å². The molecule has 0 aliphatic rings. The highest BCUT2D eigenvalue weighted by Crippen LogP contribution is 2.37. The van der Waals surface area contributed by atoms with E-state index in [1.807, 2.05) is 0 Å². The van der Waals surface area contributed by atoms with Crippen molar-refractivity contribution in [3.05, 3.63) is 64.5 Å². The van der Waals surface area contributed by atoms with Crippen LogP contribution in [-0.2, 0) is 9.84 Å². The number of benzene rings is 2. The lowest BCUT2D eigenvalue weighted by atomic mass is 9.98. The van der Waals surface area contributed by atoms with E-state index in [0.29, 0.717) is 5.56 Å². The topological polar surface area (TPSA) is 109 Å². The van der Waals surface area contributed by atoms with Crippen molar-refractivity contribution in [2.24, 2.45) is 0 Å². The second-order valence-electron chi connectivity index (χ2n) is 7.91. The Morgan fingerprint density at radius 3 is 2.38 bits per heavy atom. The molecule has 0 bridgehead atoms. The lowest BCUT2D eigenvalue weighted by Crippen LogP contribution is -2.24. The normalized spacial score (nSPS) is 12.1. The van der Waals surface area contributed by atoms with Gasteiger partial charge in [-0.15, -0.1) is 0 Å². The number of nitrogens with zero attached hydrogens (tertiary/aromatic N) is 1. The van der Waals surface area contributed by atoms with Crippen LogP contribution in [0.15, 0.2) is 52.2 Å². The largest absolute Gasteiger partial charge is 0.487 e. The van der Waals surface area contributed by atoms with E-state index >= 15 is 0 Å². The van der Waals surface area contributed by atoms with Gasteiger partial charge in [0.15, 0.2) is 27.2 Å². The monoisotopic (exact) mass is 464 g/mol. The molecule has 32 heavy (non-hydrogen) atoms. The zero-order valence-electron chi connectivity index (χ0n) is 17.6. The number of rotatable bonds is 7. The fourth-order valence-electron chi connectivity index (χ4n) is 2.99. The molecule has 2 aromatic carbocycles. The van der Waals surface area contributed by atoms with Gasteiger partial charge in [-0.1, -0.05) is 18.2 Å². The highest BCUT2D eigenvalue weighted by atomic mass is 32.2. The summed E-state index contributed by atoms with van der Waals surface area (Å²) in [7, 11) is -3.48. The quantitative estimate of drug-likeness (QED) is 0.555. The van der Waals surface area contributed by atoms with Crippen molar-refractivity contribution in [1.29, 1.82) is 0 Å². The van der Waals surface area contributed by atoms with Gasteiger partial charge in [0.25, 0.3) is 0 Å². The number of aromatic nitrogens is 2. The minimum Gasteiger partial charge on any atom is -0.487 e. The molecular formula is C22H22F2N2O5S. The summed E-state index contributed by atoms with van der Waals surface area (Å²) in [6.07, 6.45) is 1.24. The number of sulfone groups is 1. The first-order valence-corrected chi connectivity index (χ1v) is 11.5. The summed E-state index contributed by atoms with van der Waals surface area (Å²) in [4.78, 5) is 12.6. The number of hydrogen-bond donors (Lipinski definition) is 2. The van der Waals surface area contributed by atoms with Crippen LogP contribution in [0.2, 0.25) is 0 Å². The van der Waals surface area contributed by atoms with Gasteiger partial charge in [0.1, 0.15) is 5.69 Å². The molecule has 2 N–H and O–H groups in total. The van der Waals surface area contributed by atoms with Crippen LogP contribution in [0.1, 0.15) is 20.3 Å². The Kier molecular flexibility index (Phi) is 6.47. The van der Waals surface area contributed by atoms with E-state index in [1.165, 1.54) is 36.4 Å². The molecule has 10 heteroatoms. The molecule has 170 valence electrons. The van der Waals surface area contributed by atoms with E-state index in [1.54, 1.807) is 13.8 Å². The Labute approximate surface area is 183 Å². The first kappa shape index (κ1) is 23.6. The third kappa shape index (κ3) is 5.20. The van der Waals surface area contributed by atoms with Crippen molar-refractivity contribution < 1.29 is 27.0 Å². The van der Waals surface area contributed by atoms with Crippen molar-refractivity contribution in [3.63, 3.8) is 0 Å². The number of aromatic amines is 1. The molecule has 0 radical (unpaired) electrons. The first-order valence-electron chi connectivity index (χ1n) is 9.61. The Bertz CT molecular complexity index is 1300. The minimum atomic E-state index is -3.48. The van der Waals surface area contributed by atoms with Crippen LogP contribution in [0, 0.1) is 11.6 Å². The number of aliphatic hydroxyl groups is 1. The predicted octanol–water partition coefficient (Wildman–Crippen LogP) is 3.33. The Morgan fingerprint density at radius 2 is 1.78 bits per heavy atom. The molecule has 1 aromatic heterocycles. The molecule has 0 amide bonds. The number of H-pyrrole nitrogens is 1. The molecule has 0 atom stereocenters. The van der Waals surface area contributed by atoms with E-state index in [-0.39, 0.29) is 40.5 Å². The summed E-state index contributed by atoms with van der Waals surface area (Å²) in [5.74, 6) is -2.48. The van der Waals surface area contributed by atoms with E-state index in [2.05, 4.69) is 10.2 Å². The van der Waals surface area contributed by atoms with Crippen LogP contribution in [0.3, 0.4) is 0 Å². The third-order valence-electron chi connectivity index (χ3n) is 4.68. The predicted molar refractivity (Wildman–Crippen MR) is 115 cm³/mol. The van der Waals surface area contributed by atoms with Gasteiger partial charge in [-0.3, -0.25) is 4.79 Å². The van der Waals surface area contributed by atoms with Crippen molar-refractivity contribution in [2.45, 2.75) is 30.8 Å². The molecular weight excluding hydrogens is 442 g/mol. The summed E-state index contributed by atoms with van der Waals surface area (Å²) in [5, 5.41) is 16.1. The lowest BCUT2D eigenvalue weighted by molar-refractivity contribution is 0.0552. The molecule has 0 saturated heterocycles. The summed E-state index contributed by atoms with van der Waals surface area (Å²) < 4.78 is 57.7. The SMILES string of the molecule is CC(C)(O)CCOc1c(-c2ccc(S(C)(=O)=O)cc2)c(-c2cccc(F)c2F)n[nH]c1=O. The van der Waals surface area contributed by atoms with Crippen LogP contribution >= 0.6 is 0 Å². The zero-order chi connectivity index (χ0) is 23.7. The zero-order valence-corrected chi connectivity index (χ0v) is 18.5. The van der Waals surface area contributed by atoms with Gasteiger partial charge in [-0.05, 0) is 43.7 Å². The van der Waals surface area contributed by atoms with Crippen LogP contribution < -0.4 is 10.3 Å². The molecule has 3 rings (SSSR count). The smallest absolute Gasteiger partial charge is 0.307 e. The van der Waals surface area contributed by atoms with Crippen molar-refractivity contribution in [1.82, 2.24) is 10.2 Å². The van der Waals surface area contributed by atoms with Gasteiger partial charge in [-0.2, -0.15) is 5.10 Å². The Balaban J connectivity index is 2.23. The second kappa shape index (κ2) is 8.79. The molecule has 0 aliphatic heterocycles. The molecule has 0 unspecified atom stereocenters. The molecule has 0 fully saturated rings. The maximum Gasteiger partial charge on any atom is 0.307 e. The van der Waals surface area contributed by atoms with Crippen LogP contribution in [-0.4, -0.2) is 42.2 Å². The minimum absolute atomic E-state index is 0.0436. The Hall–Kier alpha value is -3.11. The summed E-state index contributed by atoms with van der Waals surface area (Å²) in [6, 6.07) is 9.06. The second-order valence-corrected chi connectivity index (χ2v) is 9.93. The van der Waals surface area contributed by atoms with Crippen molar-refractivity contribution >= 4 is 9.84 Å². The molecule has 0 saturated carbocycles. The molecule has 1 heterocycles. The van der Waals surface area contributed by atoms with E-state index < -0.39 is 32.6 Å². The summed E-state index contributed by atoms with van der Waals surface area (Å²) in [6.45, 7) is 3.10. The maximum absolute atomic E-state index is 14.6. The van der Waals surface area contributed by atoms with Gasteiger partial charge in [0, 0.05) is 18.2 Å². The van der Waals surface area contributed by atoms with E-state index in [9.17, 15) is 27.1 Å². The molecule has 0 aliphatic carbocycles. The Morgan fingerprint density at radius 1 is 1.12 bits per heavy atom. The van der Waals surface area contributed by atoms with E-state index in [4.69, 9.17) is 4.74 Å². The average Bonchev–Trinajstić information content (AvgIpc) is 2.70. The molecule has 0 spiro atoms. The van der Waals surface area contributed by atoms with Gasteiger partial charge >= 0.3 is 5.56 Å². The maximum atomic E-state index is 14.6. The molecule has 3 aromatic rings. The third-order valence-corrected chi connectivity index (χ3v) is 5.81. The highest BCUT2D eigenvalue weighted by Gasteiger charge is 2.23. The number of ether oxygens (including phenoxy) is 1. The van der Waals surface area contributed by atoms with E-state index in [0.717, 1.165) is 12.3 Å². The summed E-state index contributed by atoms with van der Waals surface area (Å²) in [5.41, 5.74) is -1.71. The standard InChI is InChI=1S/C22H22F2N2O5S/c1-22(2,28)11-12-31-20-17(13-7-9-14(10-8-13)32(3,29)30)19(25-26-21(20)27)15-5-4-6-16(23)18(15)24/h4-10,28H,11-12H2,1-3H3,(H,26,27). The van der Waals surface area contributed by atoms with Crippen LogP contribution in [0.5, 0.6) is 5.75 Å². The van der Waals surface area contributed by atoms with Crippen molar-refractivity contribution in [2.75, 3.05) is 12.9 Å². The molecule has 7 nitrogen and oxygen atoms in total. The first-order chi connectivity index (χ1) is 14.9. The number of nitrogens with one attached hydrogen (secondary N) is 1. The van der Waals surface area contributed by atoms with Gasteiger partial charge < -0.3 is 9.84 Å². The lowest BCUT2D eigenvalue weighted by Gasteiger charge is -2.19. The number of halogens is 2. The average molecular weight is 464 g/mol. The fraction of sp³-hybridized carbons (Fsp3) is 0.273. The van der Waals surface area contributed by atoms with Crippen LogP contribution in [0.4, 0.5) is 8.78 Å². The van der Waals surface area contributed by atoms with Gasteiger partial charge in [-0.25, -0.2) is 22.3 Å². The van der Waals surface area contributed by atoms with Gasteiger partial charge in [0.05, 0.1) is 22.7 Å². The van der Waals surface area contributed by atoms with Crippen LogP contribution in [0.25, 0.3) is 22.4 Å². The summed E-state index contributed by atoms with van der Waals surface area (Å²) >= 11 is 0. The fourth-order valence-corrected chi connectivity index (χ4v) is 3.62. The highest BCUT2D eigenvalue weighted by molar-refractivity contribution is 7.90. The number of hydrogen-bond acceptors (Lipinski definition) is 6. The van der Waals surface area contributed by atoms with Gasteiger partial charge in [0.2, 0.25) is 0 Å².